The van der Waals surface area contributed by atoms with Gasteiger partial charge in [-0.05, 0) is 25.7 Å². The van der Waals surface area contributed by atoms with Crippen LogP contribution in [0.5, 0.6) is 0 Å². The molecule has 0 aromatic rings. The first kappa shape index (κ1) is 73.9. The zero-order valence-electron chi connectivity index (χ0n) is 51.3. The van der Waals surface area contributed by atoms with E-state index >= 15 is 0 Å². The van der Waals surface area contributed by atoms with Crippen LogP contribution >= 0.6 is 0 Å². The number of nitrogens with one attached hydrogen (secondary N) is 1. The van der Waals surface area contributed by atoms with Crippen molar-refractivity contribution in [1.29, 1.82) is 0 Å². The van der Waals surface area contributed by atoms with Crippen molar-refractivity contribution >= 4 is 11.9 Å². The van der Waals surface area contributed by atoms with E-state index in [0.717, 1.165) is 44.9 Å². The van der Waals surface area contributed by atoms with Crippen molar-refractivity contribution in [3.8, 4) is 0 Å². The number of rotatable bonds is 66. The van der Waals surface area contributed by atoms with Crippen molar-refractivity contribution in [3.05, 3.63) is 0 Å². The zero-order chi connectivity index (χ0) is 54.3. The normalized spacial score (nSPS) is 12.4. The molecule has 0 aromatic heterocycles. The molecule has 0 fully saturated rings. The number of amides is 1. The van der Waals surface area contributed by atoms with Gasteiger partial charge in [-0.2, -0.15) is 0 Å². The van der Waals surface area contributed by atoms with E-state index in [0.29, 0.717) is 25.9 Å². The topological polar surface area (TPSA) is 95.9 Å². The molecule has 2 atom stereocenters. The van der Waals surface area contributed by atoms with Crippen molar-refractivity contribution in [3.63, 3.8) is 0 Å². The van der Waals surface area contributed by atoms with Gasteiger partial charge in [0.05, 0.1) is 25.4 Å². The van der Waals surface area contributed by atoms with E-state index < -0.39 is 12.1 Å². The van der Waals surface area contributed by atoms with Crippen molar-refractivity contribution < 1.29 is 24.5 Å². The van der Waals surface area contributed by atoms with Crippen molar-refractivity contribution in [1.82, 2.24) is 5.32 Å². The Morgan fingerprint density at radius 2 is 0.547 bits per heavy atom. The average Bonchev–Trinajstić information content (AvgIpc) is 3.41. The van der Waals surface area contributed by atoms with Crippen molar-refractivity contribution in [2.75, 3.05) is 13.2 Å². The van der Waals surface area contributed by atoms with Crippen LogP contribution in [-0.4, -0.2) is 47.4 Å². The first-order chi connectivity index (χ1) is 37.0. The van der Waals surface area contributed by atoms with Gasteiger partial charge >= 0.3 is 5.97 Å². The monoisotopic (exact) mass is 1060 g/mol. The lowest BCUT2D eigenvalue weighted by Crippen LogP contribution is -2.45. The summed E-state index contributed by atoms with van der Waals surface area (Å²) in [6, 6.07) is -0.548. The third kappa shape index (κ3) is 61.9. The molecule has 0 aliphatic rings. The Balaban J connectivity index is 3.39. The van der Waals surface area contributed by atoms with E-state index in [1.165, 1.54) is 327 Å². The summed E-state index contributed by atoms with van der Waals surface area (Å²) in [5, 5.41) is 23.4. The Morgan fingerprint density at radius 1 is 0.320 bits per heavy atom. The highest BCUT2D eigenvalue weighted by Crippen LogP contribution is 2.19. The second kappa shape index (κ2) is 65.4. The standard InChI is InChI=1S/C69H137NO5/c1-3-5-7-9-11-13-15-17-19-21-23-24-25-26-27-28-29-30-33-37-41-45-49-53-57-61-67(72)66(65-71)70-68(73)62-58-54-50-46-42-38-34-32-36-40-44-48-52-56-60-64-75-69(74)63-59-55-51-47-43-39-35-31-22-20-18-16-14-12-10-8-6-4-2/h66-67,71-72H,3-65H2,1-2H3,(H,70,73). The summed E-state index contributed by atoms with van der Waals surface area (Å²) < 4.78 is 5.50. The van der Waals surface area contributed by atoms with Gasteiger partial charge in [-0.15, -0.1) is 0 Å². The molecule has 448 valence electrons. The first-order valence-corrected chi connectivity index (χ1v) is 34.8. The third-order valence-corrected chi connectivity index (χ3v) is 16.7. The summed E-state index contributed by atoms with van der Waals surface area (Å²) in [6.45, 7) is 4.99. The molecule has 0 rings (SSSR count). The quantitative estimate of drug-likeness (QED) is 0.0417. The Hall–Kier alpha value is -1.14. The van der Waals surface area contributed by atoms with Crippen LogP contribution in [0.25, 0.3) is 0 Å². The SMILES string of the molecule is CCCCCCCCCCCCCCCCCCCCCCCCCCCC(O)C(CO)NC(=O)CCCCCCCCCCCCCCCCCOC(=O)CCCCCCCCCCCCCCCCCCCC. The molecule has 6 nitrogen and oxygen atoms in total. The molecule has 6 heteroatoms. The van der Waals surface area contributed by atoms with Gasteiger partial charge < -0.3 is 20.3 Å². The van der Waals surface area contributed by atoms with Crippen LogP contribution in [-0.2, 0) is 14.3 Å². The zero-order valence-corrected chi connectivity index (χ0v) is 51.3. The van der Waals surface area contributed by atoms with Crippen LogP contribution in [0.1, 0.15) is 406 Å². The van der Waals surface area contributed by atoms with Gasteiger partial charge in [-0.1, -0.05) is 367 Å². The number of carbonyl (C=O) groups excluding carboxylic acids is 2. The Bertz CT molecular complexity index is 1080. The Labute approximate surface area is 470 Å². The van der Waals surface area contributed by atoms with E-state index in [2.05, 4.69) is 19.2 Å². The molecule has 3 N–H and O–H groups in total. The molecule has 0 spiro atoms. The number of carbonyl (C=O) groups is 2. The average molecular weight is 1060 g/mol. The minimum atomic E-state index is -0.671. The second-order valence-electron chi connectivity index (χ2n) is 24.2. The van der Waals surface area contributed by atoms with Gasteiger partial charge in [0.1, 0.15) is 0 Å². The van der Waals surface area contributed by atoms with E-state index in [4.69, 9.17) is 4.74 Å². The third-order valence-electron chi connectivity index (χ3n) is 16.7. The molecular formula is C69H137NO5. The largest absolute Gasteiger partial charge is 0.466 e. The molecule has 0 saturated heterocycles. The number of unbranched alkanes of at least 4 members (excludes halogenated alkanes) is 55. The molecule has 0 aliphatic carbocycles. The van der Waals surface area contributed by atoms with Crippen LogP contribution in [0, 0.1) is 0 Å². The summed E-state index contributed by atoms with van der Waals surface area (Å²) in [4.78, 5) is 24.7. The predicted octanol–water partition coefficient (Wildman–Crippen LogP) is 22.2. The molecule has 0 bridgehead atoms. The molecule has 75 heavy (non-hydrogen) atoms. The number of esters is 1. The molecule has 0 saturated carbocycles. The summed E-state index contributed by atoms with van der Waals surface area (Å²) in [5.74, 6) is -0.0302. The maximum atomic E-state index is 12.6. The fourth-order valence-electron chi connectivity index (χ4n) is 11.4. The molecule has 2 unspecified atom stereocenters. The number of hydrogen-bond donors (Lipinski definition) is 3. The number of aliphatic hydroxyl groups is 2. The molecule has 1 amide bonds. The summed E-state index contributed by atoms with van der Waals surface area (Å²) in [6.07, 6.45) is 78.5. The van der Waals surface area contributed by atoms with Crippen LogP contribution in [0.2, 0.25) is 0 Å². The number of hydrogen-bond acceptors (Lipinski definition) is 5. The fraction of sp³-hybridized carbons (Fsp3) is 0.971. The maximum absolute atomic E-state index is 12.6. The lowest BCUT2D eigenvalue weighted by molar-refractivity contribution is -0.143. The lowest BCUT2D eigenvalue weighted by atomic mass is 10.0. The molecular weight excluding hydrogens is 923 g/mol. The number of ether oxygens (including phenoxy) is 1. The number of aliphatic hydroxyl groups excluding tert-OH is 2. The molecule has 0 heterocycles. The molecule has 0 aliphatic heterocycles. The fourth-order valence-corrected chi connectivity index (χ4v) is 11.4. The lowest BCUT2D eigenvalue weighted by Gasteiger charge is -2.22. The van der Waals surface area contributed by atoms with Crippen LogP contribution in [0.15, 0.2) is 0 Å². The van der Waals surface area contributed by atoms with Gasteiger partial charge in [-0.25, -0.2) is 0 Å². The van der Waals surface area contributed by atoms with Crippen LogP contribution in [0.3, 0.4) is 0 Å². The minimum Gasteiger partial charge on any atom is -0.466 e. The van der Waals surface area contributed by atoms with E-state index in [9.17, 15) is 19.8 Å². The smallest absolute Gasteiger partial charge is 0.305 e. The van der Waals surface area contributed by atoms with Crippen molar-refractivity contribution in [2.24, 2.45) is 0 Å². The Morgan fingerprint density at radius 3 is 0.813 bits per heavy atom. The molecule has 0 radical (unpaired) electrons. The highest BCUT2D eigenvalue weighted by atomic mass is 16.5. The van der Waals surface area contributed by atoms with Gasteiger partial charge in [0.2, 0.25) is 5.91 Å². The highest BCUT2D eigenvalue weighted by molar-refractivity contribution is 5.76. The van der Waals surface area contributed by atoms with Crippen LogP contribution < -0.4 is 5.32 Å². The van der Waals surface area contributed by atoms with E-state index in [-0.39, 0.29) is 18.5 Å². The minimum absolute atomic E-state index is 0.00708. The van der Waals surface area contributed by atoms with Crippen molar-refractivity contribution in [2.45, 2.75) is 418 Å². The summed E-state index contributed by atoms with van der Waals surface area (Å²) >= 11 is 0. The van der Waals surface area contributed by atoms with E-state index in [1.54, 1.807) is 0 Å². The van der Waals surface area contributed by atoms with Gasteiger partial charge in [0.15, 0.2) is 0 Å². The van der Waals surface area contributed by atoms with Gasteiger partial charge in [0, 0.05) is 12.8 Å². The van der Waals surface area contributed by atoms with Gasteiger partial charge in [-0.3, -0.25) is 9.59 Å². The van der Waals surface area contributed by atoms with E-state index in [1.807, 2.05) is 0 Å². The maximum Gasteiger partial charge on any atom is 0.305 e. The predicted molar refractivity (Wildman–Crippen MR) is 329 cm³/mol. The summed E-state index contributed by atoms with van der Waals surface area (Å²) in [7, 11) is 0. The van der Waals surface area contributed by atoms with Gasteiger partial charge in [0.25, 0.3) is 0 Å². The second-order valence-corrected chi connectivity index (χ2v) is 24.2. The molecule has 0 aromatic carbocycles. The first-order valence-electron chi connectivity index (χ1n) is 34.8. The summed E-state index contributed by atoms with van der Waals surface area (Å²) in [5.41, 5.74) is 0. The Kier molecular flexibility index (Phi) is 64.4. The van der Waals surface area contributed by atoms with Crippen LogP contribution in [0.4, 0.5) is 0 Å². The highest BCUT2D eigenvalue weighted by Gasteiger charge is 2.20.